The van der Waals surface area contributed by atoms with E-state index in [1.54, 1.807) is 0 Å². The molecule has 0 saturated carbocycles. The van der Waals surface area contributed by atoms with Gasteiger partial charge in [-0.1, -0.05) is 6.58 Å². The Balaban J connectivity index is 5.15. The van der Waals surface area contributed by atoms with E-state index in [1.807, 2.05) is 46.4 Å². The van der Waals surface area contributed by atoms with E-state index < -0.39 is 5.91 Å². The molecule has 0 heterocycles. The second kappa shape index (κ2) is 3.64. The van der Waals surface area contributed by atoms with Crippen LogP contribution in [0.2, 0.25) is 0 Å². The number of carbonyl (C=O) groups is 1. The first-order valence-electron chi connectivity index (χ1n) is 4.77. The van der Waals surface area contributed by atoms with Gasteiger partial charge in [0.1, 0.15) is 0 Å². The molecule has 3 heteroatoms. The number of nitrogens with two attached hydrogens (primary N) is 1. The molecule has 0 aromatic carbocycles. The molecule has 3 nitrogen and oxygen atoms in total. The van der Waals surface area contributed by atoms with Gasteiger partial charge in [-0.15, -0.1) is 0 Å². The second-order valence-corrected chi connectivity index (χ2v) is 5.49. The van der Waals surface area contributed by atoms with Gasteiger partial charge in [0, 0.05) is 11.1 Å². The lowest BCUT2D eigenvalue weighted by molar-refractivity contribution is -0.117. The van der Waals surface area contributed by atoms with E-state index in [9.17, 15) is 4.79 Å². The van der Waals surface area contributed by atoms with Crippen molar-refractivity contribution in [1.82, 2.24) is 4.90 Å². The van der Waals surface area contributed by atoms with Crippen LogP contribution in [0, 0.1) is 0 Å². The number of amides is 1. The normalized spacial score (nSPS) is 12.4. The molecule has 0 unspecified atom stereocenters. The van der Waals surface area contributed by atoms with Crippen LogP contribution < -0.4 is 5.73 Å². The predicted octanol–water partition coefficient (Wildman–Crippen LogP) is 1.88. The quantitative estimate of drug-likeness (QED) is 0.689. The molecule has 0 spiro atoms. The third-order valence-corrected chi connectivity index (χ3v) is 1.90. The van der Waals surface area contributed by atoms with Gasteiger partial charge in [0.2, 0.25) is 0 Å². The Morgan fingerprint density at radius 1 is 1.07 bits per heavy atom. The second-order valence-electron chi connectivity index (χ2n) is 5.49. The van der Waals surface area contributed by atoms with Crippen LogP contribution in [0.25, 0.3) is 0 Å². The van der Waals surface area contributed by atoms with Crippen molar-refractivity contribution in [3.05, 3.63) is 12.3 Å². The molecule has 0 atom stereocenters. The lowest BCUT2D eigenvalue weighted by atomic mass is 9.95. The summed E-state index contributed by atoms with van der Waals surface area (Å²) in [6, 6.07) is 0. The molecular formula is C11H22N2O. The minimum absolute atomic E-state index is 0.162. The van der Waals surface area contributed by atoms with Crippen molar-refractivity contribution >= 4 is 5.91 Å². The summed E-state index contributed by atoms with van der Waals surface area (Å²) in [6.45, 7) is 15.9. The van der Waals surface area contributed by atoms with E-state index in [-0.39, 0.29) is 11.1 Å². The maximum Gasteiger partial charge on any atom is 0.264 e. The Labute approximate surface area is 87.0 Å². The summed E-state index contributed by atoms with van der Waals surface area (Å²) < 4.78 is 0. The van der Waals surface area contributed by atoms with E-state index in [0.717, 1.165) is 0 Å². The van der Waals surface area contributed by atoms with E-state index in [4.69, 9.17) is 5.73 Å². The molecule has 0 fully saturated rings. The Morgan fingerprint density at radius 3 is 1.43 bits per heavy atom. The third-order valence-electron chi connectivity index (χ3n) is 1.90. The van der Waals surface area contributed by atoms with Gasteiger partial charge in [-0.3, -0.25) is 4.79 Å². The van der Waals surface area contributed by atoms with Crippen LogP contribution in [-0.2, 0) is 4.79 Å². The Bertz CT molecular complexity index is 229. The number of carbonyl (C=O) groups excluding carboxylic acids is 1. The summed E-state index contributed by atoms with van der Waals surface area (Å²) in [5, 5.41) is 0. The summed E-state index contributed by atoms with van der Waals surface area (Å²) >= 11 is 0. The molecule has 1 amide bonds. The number of hydrogen-bond donors (Lipinski definition) is 1. The Morgan fingerprint density at radius 2 is 1.36 bits per heavy atom. The lowest BCUT2D eigenvalue weighted by Crippen LogP contribution is -2.53. The van der Waals surface area contributed by atoms with Gasteiger partial charge in [-0.2, -0.15) is 0 Å². The minimum Gasteiger partial charge on any atom is -0.364 e. The van der Waals surface area contributed by atoms with Gasteiger partial charge in [0.15, 0.2) is 0 Å². The summed E-state index contributed by atoms with van der Waals surface area (Å²) in [7, 11) is 0. The highest BCUT2D eigenvalue weighted by Gasteiger charge is 2.33. The standard InChI is InChI=1S/C11H22N2O/c1-8(9(12)14)13(10(2,3)4)11(5,6)7/h1H2,2-7H3,(H2,12,14). The first-order chi connectivity index (χ1) is 5.98. The van der Waals surface area contributed by atoms with Crippen LogP contribution in [0.4, 0.5) is 0 Å². The zero-order chi connectivity index (χ0) is 11.7. The summed E-state index contributed by atoms with van der Waals surface area (Å²) in [4.78, 5) is 13.1. The highest BCUT2D eigenvalue weighted by atomic mass is 16.1. The molecule has 0 radical (unpaired) electrons. The fourth-order valence-electron chi connectivity index (χ4n) is 1.93. The molecule has 0 rings (SSSR count). The van der Waals surface area contributed by atoms with Gasteiger partial charge in [-0.05, 0) is 41.5 Å². The lowest BCUT2D eigenvalue weighted by Gasteiger charge is -2.47. The highest BCUT2D eigenvalue weighted by molar-refractivity contribution is 5.90. The van der Waals surface area contributed by atoms with E-state index in [0.29, 0.717) is 5.70 Å². The number of nitrogens with zero attached hydrogens (tertiary/aromatic N) is 1. The fourth-order valence-corrected chi connectivity index (χ4v) is 1.93. The molecule has 0 aliphatic carbocycles. The largest absolute Gasteiger partial charge is 0.364 e. The molecule has 0 bridgehead atoms. The number of hydrogen-bond acceptors (Lipinski definition) is 2. The van der Waals surface area contributed by atoms with Crippen LogP contribution >= 0.6 is 0 Å². The number of primary amides is 1. The van der Waals surface area contributed by atoms with Crippen LogP contribution in [0.5, 0.6) is 0 Å². The summed E-state index contributed by atoms with van der Waals surface area (Å²) in [5.41, 5.74) is 5.29. The summed E-state index contributed by atoms with van der Waals surface area (Å²) in [6.07, 6.45) is 0. The zero-order valence-electron chi connectivity index (χ0n) is 10.1. The summed E-state index contributed by atoms with van der Waals surface area (Å²) in [5.74, 6) is -0.463. The van der Waals surface area contributed by atoms with Crippen molar-refractivity contribution in [3.8, 4) is 0 Å². The third kappa shape index (κ3) is 3.05. The van der Waals surface area contributed by atoms with Gasteiger partial charge in [0.25, 0.3) is 5.91 Å². The molecule has 0 aromatic rings. The maximum atomic E-state index is 11.1. The molecular weight excluding hydrogens is 176 g/mol. The molecule has 14 heavy (non-hydrogen) atoms. The topological polar surface area (TPSA) is 46.3 Å². The smallest absolute Gasteiger partial charge is 0.264 e. The van der Waals surface area contributed by atoms with Gasteiger partial charge in [-0.25, -0.2) is 0 Å². The number of rotatable bonds is 2. The van der Waals surface area contributed by atoms with Crippen molar-refractivity contribution in [1.29, 1.82) is 0 Å². The SMILES string of the molecule is C=C(C(N)=O)N(C(C)(C)C)C(C)(C)C. The average molecular weight is 198 g/mol. The van der Waals surface area contributed by atoms with E-state index >= 15 is 0 Å². The van der Waals surface area contributed by atoms with Crippen LogP contribution in [0.15, 0.2) is 12.3 Å². The highest BCUT2D eigenvalue weighted by Crippen LogP contribution is 2.28. The fraction of sp³-hybridized carbons (Fsp3) is 0.727. The molecule has 0 aliphatic rings. The monoisotopic (exact) mass is 198 g/mol. The molecule has 0 aliphatic heterocycles. The van der Waals surface area contributed by atoms with Crippen LogP contribution in [0.3, 0.4) is 0 Å². The molecule has 2 N–H and O–H groups in total. The molecule has 82 valence electrons. The van der Waals surface area contributed by atoms with Crippen molar-refractivity contribution in [2.24, 2.45) is 5.73 Å². The Kier molecular flexibility index (Phi) is 3.38. The minimum atomic E-state index is -0.463. The first-order valence-corrected chi connectivity index (χ1v) is 4.77. The molecule has 0 saturated heterocycles. The van der Waals surface area contributed by atoms with Gasteiger partial charge < -0.3 is 10.6 Å². The van der Waals surface area contributed by atoms with Crippen molar-refractivity contribution in [3.63, 3.8) is 0 Å². The maximum absolute atomic E-state index is 11.1. The Hall–Kier alpha value is -0.990. The van der Waals surface area contributed by atoms with Crippen molar-refractivity contribution < 1.29 is 4.79 Å². The van der Waals surface area contributed by atoms with Gasteiger partial charge in [0.05, 0.1) is 5.70 Å². The predicted molar refractivity (Wildman–Crippen MR) is 59.7 cm³/mol. The van der Waals surface area contributed by atoms with Crippen molar-refractivity contribution in [2.45, 2.75) is 52.6 Å². The first kappa shape index (κ1) is 13.0. The van der Waals surface area contributed by atoms with E-state index in [2.05, 4.69) is 6.58 Å². The van der Waals surface area contributed by atoms with Crippen LogP contribution in [0.1, 0.15) is 41.5 Å². The van der Waals surface area contributed by atoms with Gasteiger partial charge >= 0.3 is 0 Å². The molecule has 0 aromatic heterocycles. The average Bonchev–Trinajstić information content (AvgIpc) is 1.79. The van der Waals surface area contributed by atoms with Crippen molar-refractivity contribution in [2.75, 3.05) is 0 Å². The van der Waals surface area contributed by atoms with E-state index in [1.165, 1.54) is 0 Å². The van der Waals surface area contributed by atoms with Crippen LogP contribution in [-0.4, -0.2) is 21.9 Å². The zero-order valence-corrected chi connectivity index (χ0v) is 10.1.